The molecular weight excluding hydrogens is 425 g/mol. The van der Waals surface area contributed by atoms with Gasteiger partial charge in [-0.3, -0.25) is 4.79 Å². The summed E-state index contributed by atoms with van der Waals surface area (Å²) in [6.07, 6.45) is 6.56. The van der Waals surface area contributed by atoms with Crippen LogP contribution in [0.2, 0.25) is 0 Å². The van der Waals surface area contributed by atoms with Crippen LogP contribution >= 0.6 is 36.2 Å². The van der Waals surface area contributed by atoms with Gasteiger partial charge in [-0.1, -0.05) is 18.2 Å². The average Bonchev–Trinajstić information content (AvgIpc) is 3.08. The van der Waals surface area contributed by atoms with Crippen molar-refractivity contribution in [2.45, 2.75) is 51.0 Å². The average molecular weight is 452 g/mol. The molecule has 0 aliphatic heterocycles. The number of hydrogen-bond acceptors (Lipinski definition) is 4. The van der Waals surface area contributed by atoms with Crippen molar-refractivity contribution in [1.29, 1.82) is 0 Å². The summed E-state index contributed by atoms with van der Waals surface area (Å²) in [5.74, 6) is 0.147. The van der Waals surface area contributed by atoms with Gasteiger partial charge in [0.1, 0.15) is 0 Å². The van der Waals surface area contributed by atoms with Crippen molar-refractivity contribution >= 4 is 58.0 Å². The van der Waals surface area contributed by atoms with Gasteiger partial charge in [0.25, 0.3) is 0 Å². The number of thiazole rings is 1. The molecule has 1 aliphatic carbocycles. The SMILES string of the molecule is Cl.Cl.Nc1ccc2c(c1)CCCC2NC(=O)CCCCc1nc2ccccc2s1. The number of hydrogen-bond donors (Lipinski definition) is 2. The summed E-state index contributed by atoms with van der Waals surface area (Å²) in [7, 11) is 0. The molecule has 1 aliphatic rings. The fourth-order valence-electron chi connectivity index (χ4n) is 3.84. The van der Waals surface area contributed by atoms with Crippen LogP contribution in [0.3, 0.4) is 0 Å². The number of nitrogen functional groups attached to an aromatic ring is 1. The lowest BCUT2D eigenvalue weighted by Gasteiger charge is -2.26. The van der Waals surface area contributed by atoms with Gasteiger partial charge in [-0.25, -0.2) is 4.98 Å². The van der Waals surface area contributed by atoms with Crippen LogP contribution < -0.4 is 11.1 Å². The zero-order valence-electron chi connectivity index (χ0n) is 16.2. The molecule has 3 N–H and O–H groups in total. The van der Waals surface area contributed by atoms with E-state index < -0.39 is 0 Å². The molecule has 3 aromatic rings. The first-order valence-corrected chi connectivity index (χ1v) is 10.5. The van der Waals surface area contributed by atoms with Crippen LogP contribution in [0.4, 0.5) is 5.69 Å². The van der Waals surface area contributed by atoms with E-state index in [-0.39, 0.29) is 36.8 Å². The van der Waals surface area contributed by atoms with Gasteiger partial charge >= 0.3 is 0 Å². The summed E-state index contributed by atoms with van der Waals surface area (Å²) < 4.78 is 1.24. The Balaban J connectivity index is 0.00000150. The number of benzene rings is 2. The molecule has 156 valence electrons. The summed E-state index contributed by atoms with van der Waals surface area (Å²) in [6.45, 7) is 0. The van der Waals surface area contributed by atoms with Crippen LogP contribution in [0.1, 0.15) is 54.3 Å². The van der Waals surface area contributed by atoms with Crippen LogP contribution in [-0.4, -0.2) is 10.9 Å². The lowest BCUT2D eigenvalue weighted by molar-refractivity contribution is -0.122. The topological polar surface area (TPSA) is 68.0 Å². The van der Waals surface area contributed by atoms with Gasteiger partial charge in [-0.15, -0.1) is 36.2 Å². The number of para-hydroxylation sites is 1. The van der Waals surface area contributed by atoms with Crippen LogP contribution in [0.25, 0.3) is 10.2 Å². The van der Waals surface area contributed by atoms with E-state index >= 15 is 0 Å². The second-order valence-corrected chi connectivity index (χ2v) is 8.37. The van der Waals surface area contributed by atoms with Gasteiger partial charge in [-0.2, -0.15) is 0 Å². The second-order valence-electron chi connectivity index (χ2n) is 7.25. The third-order valence-electron chi connectivity index (χ3n) is 5.20. The van der Waals surface area contributed by atoms with Crippen molar-refractivity contribution < 1.29 is 4.79 Å². The monoisotopic (exact) mass is 451 g/mol. The summed E-state index contributed by atoms with van der Waals surface area (Å²) >= 11 is 1.76. The van der Waals surface area contributed by atoms with E-state index in [1.54, 1.807) is 11.3 Å². The van der Waals surface area contributed by atoms with Gasteiger partial charge in [0.05, 0.1) is 21.3 Å². The van der Waals surface area contributed by atoms with Crippen LogP contribution in [0.15, 0.2) is 42.5 Å². The number of halogens is 2. The maximum absolute atomic E-state index is 12.4. The highest BCUT2D eigenvalue weighted by Gasteiger charge is 2.21. The van der Waals surface area contributed by atoms with E-state index in [0.29, 0.717) is 6.42 Å². The molecule has 0 saturated carbocycles. The lowest BCUT2D eigenvalue weighted by atomic mass is 9.87. The maximum atomic E-state index is 12.4. The minimum atomic E-state index is 0. The molecule has 1 unspecified atom stereocenters. The van der Waals surface area contributed by atoms with Crippen molar-refractivity contribution in [2.24, 2.45) is 0 Å². The Hall–Kier alpha value is -1.82. The lowest BCUT2D eigenvalue weighted by Crippen LogP contribution is -2.30. The predicted molar refractivity (Wildman–Crippen MR) is 126 cm³/mol. The van der Waals surface area contributed by atoms with Crippen LogP contribution in [0.5, 0.6) is 0 Å². The highest BCUT2D eigenvalue weighted by Crippen LogP contribution is 2.31. The fourth-order valence-corrected chi connectivity index (χ4v) is 4.85. The number of anilines is 1. The number of carbonyl (C=O) groups excluding carboxylic acids is 1. The minimum absolute atomic E-state index is 0. The molecule has 2 aromatic carbocycles. The molecule has 0 fully saturated rings. The molecule has 0 radical (unpaired) electrons. The molecule has 0 saturated heterocycles. The van der Waals surface area contributed by atoms with Gasteiger partial charge in [-0.05, 0) is 73.9 Å². The smallest absolute Gasteiger partial charge is 0.220 e. The molecule has 1 aromatic heterocycles. The number of carbonyl (C=O) groups is 1. The molecule has 4 rings (SSSR count). The van der Waals surface area contributed by atoms with Crippen LogP contribution in [-0.2, 0) is 17.6 Å². The Morgan fingerprint density at radius 2 is 2.00 bits per heavy atom. The highest BCUT2D eigenvalue weighted by molar-refractivity contribution is 7.18. The first-order valence-electron chi connectivity index (χ1n) is 9.71. The Morgan fingerprint density at radius 3 is 2.83 bits per heavy atom. The summed E-state index contributed by atoms with van der Waals surface area (Å²) in [5, 5.41) is 4.38. The Bertz CT molecular complexity index is 927. The predicted octanol–water partition coefficient (Wildman–Crippen LogP) is 5.63. The molecule has 1 amide bonds. The van der Waals surface area contributed by atoms with Crippen molar-refractivity contribution in [3.05, 3.63) is 58.6 Å². The number of aromatic nitrogens is 1. The fraction of sp³-hybridized carbons (Fsp3) is 0.364. The van der Waals surface area contributed by atoms with E-state index in [1.165, 1.54) is 15.8 Å². The van der Waals surface area contributed by atoms with Gasteiger partial charge < -0.3 is 11.1 Å². The van der Waals surface area contributed by atoms with Crippen molar-refractivity contribution in [3.8, 4) is 0 Å². The summed E-state index contributed by atoms with van der Waals surface area (Å²) in [6, 6.07) is 14.4. The van der Waals surface area contributed by atoms with Gasteiger partial charge in [0.2, 0.25) is 5.91 Å². The summed E-state index contributed by atoms with van der Waals surface area (Å²) in [4.78, 5) is 17.1. The number of rotatable bonds is 6. The molecule has 4 nitrogen and oxygen atoms in total. The maximum Gasteiger partial charge on any atom is 0.220 e. The van der Waals surface area contributed by atoms with E-state index in [2.05, 4.69) is 28.5 Å². The zero-order valence-corrected chi connectivity index (χ0v) is 18.7. The Labute approximate surface area is 188 Å². The molecule has 1 heterocycles. The second kappa shape index (κ2) is 10.8. The Morgan fingerprint density at radius 1 is 1.17 bits per heavy atom. The van der Waals surface area contributed by atoms with Gasteiger partial charge in [0.15, 0.2) is 0 Å². The highest BCUT2D eigenvalue weighted by atomic mass is 35.5. The number of aryl methyl sites for hydroxylation is 2. The largest absolute Gasteiger partial charge is 0.399 e. The van der Waals surface area contributed by atoms with Crippen molar-refractivity contribution in [2.75, 3.05) is 5.73 Å². The number of amides is 1. The molecule has 29 heavy (non-hydrogen) atoms. The first kappa shape index (κ1) is 23.5. The minimum Gasteiger partial charge on any atom is -0.399 e. The standard InChI is InChI=1S/C22H25N3OS.2ClH/c23-16-12-13-17-15(14-16)6-5-8-18(17)24-21(26)10-3-4-11-22-25-19-7-1-2-9-20(19)27-22;;/h1-2,7,9,12-14,18H,3-6,8,10-11,23H2,(H,24,26);2*1H. The van der Waals surface area contributed by atoms with Crippen LogP contribution in [0, 0.1) is 0 Å². The van der Waals surface area contributed by atoms with E-state index in [4.69, 9.17) is 5.73 Å². The van der Waals surface area contributed by atoms with Crippen molar-refractivity contribution in [1.82, 2.24) is 10.3 Å². The van der Waals surface area contributed by atoms with Gasteiger partial charge in [0, 0.05) is 12.1 Å². The zero-order chi connectivity index (χ0) is 18.6. The summed E-state index contributed by atoms with van der Waals surface area (Å²) in [5.41, 5.74) is 10.3. The van der Waals surface area contributed by atoms with E-state index in [9.17, 15) is 4.79 Å². The number of nitrogens with two attached hydrogens (primary N) is 1. The molecule has 7 heteroatoms. The number of fused-ring (bicyclic) bond motifs is 2. The third-order valence-corrected chi connectivity index (χ3v) is 6.30. The third kappa shape index (κ3) is 5.84. The molecule has 0 bridgehead atoms. The normalized spacial score (nSPS) is 15.1. The molecule has 0 spiro atoms. The number of unbranched alkanes of at least 4 members (excludes halogenated alkanes) is 1. The molecular formula is C22H27Cl2N3OS. The Kier molecular flexibility index (Phi) is 8.75. The molecule has 1 atom stereocenters. The first-order chi connectivity index (χ1) is 13.2. The van der Waals surface area contributed by atoms with E-state index in [1.807, 2.05) is 24.3 Å². The quantitative estimate of drug-likeness (QED) is 0.376. The van der Waals surface area contributed by atoms with Crippen molar-refractivity contribution in [3.63, 3.8) is 0 Å². The number of nitrogens with zero attached hydrogens (tertiary/aromatic N) is 1. The van der Waals surface area contributed by atoms with E-state index in [0.717, 1.165) is 54.7 Å². The number of nitrogens with one attached hydrogen (secondary N) is 1.